The van der Waals surface area contributed by atoms with Crippen molar-refractivity contribution in [2.75, 3.05) is 116 Å². The van der Waals surface area contributed by atoms with Crippen LogP contribution in [-0.4, -0.2) is 172 Å². The van der Waals surface area contributed by atoms with Crippen LogP contribution in [0.4, 0.5) is 10.5 Å². The zero-order valence-electron chi connectivity index (χ0n) is 38.3. The molecule has 4 aromatic rings. The van der Waals surface area contributed by atoms with Crippen molar-refractivity contribution in [1.29, 1.82) is 0 Å². The van der Waals surface area contributed by atoms with Crippen molar-refractivity contribution in [3.63, 3.8) is 0 Å². The number of rotatable bonds is 23. The monoisotopic (exact) mass is 1000 g/mol. The van der Waals surface area contributed by atoms with Crippen LogP contribution < -0.4 is 20.4 Å². The van der Waals surface area contributed by atoms with Gasteiger partial charge in [-0.2, -0.15) is 5.10 Å². The van der Waals surface area contributed by atoms with Gasteiger partial charge in [0, 0.05) is 98.0 Å². The van der Waals surface area contributed by atoms with Crippen LogP contribution in [0.5, 0.6) is 5.75 Å². The number of halogens is 1. The van der Waals surface area contributed by atoms with Crippen LogP contribution in [0, 0.1) is 0 Å². The van der Waals surface area contributed by atoms with Gasteiger partial charge in [0.2, 0.25) is 11.8 Å². The molecule has 1 unspecified atom stereocenters. The first-order valence-electron chi connectivity index (χ1n) is 22.7. The molecule has 6 amide bonds. The van der Waals surface area contributed by atoms with Crippen molar-refractivity contribution in [2.24, 2.45) is 5.10 Å². The van der Waals surface area contributed by atoms with Gasteiger partial charge in [-0.05, 0) is 48.7 Å². The van der Waals surface area contributed by atoms with E-state index in [-0.39, 0.29) is 49.6 Å². The number of H-pyrrole nitrogens is 1. The number of anilines is 1. The highest BCUT2D eigenvalue weighted by atomic mass is 79.9. The maximum absolute atomic E-state index is 14.3. The Balaban J connectivity index is 0.796. The van der Waals surface area contributed by atoms with E-state index in [0.29, 0.717) is 101 Å². The second kappa shape index (κ2) is 24.3. The molecule has 3 aliphatic rings. The summed E-state index contributed by atoms with van der Waals surface area (Å²) in [5, 5.41) is 10.2. The zero-order valence-corrected chi connectivity index (χ0v) is 39.8. The van der Waals surface area contributed by atoms with Gasteiger partial charge < -0.3 is 48.7 Å². The second-order valence-corrected chi connectivity index (χ2v) is 17.1. The van der Waals surface area contributed by atoms with E-state index in [0.717, 1.165) is 50.8 Å². The number of imide groups is 1. The first-order chi connectivity index (χ1) is 33.0. The Hall–Kier alpha value is -6.03. The Morgan fingerprint density at radius 3 is 2.15 bits per heavy atom. The van der Waals surface area contributed by atoms with Crippen LogP contribution in [0.3, 0.4) is 0 Å². The maximum atomic E-state index is 14.3. The number of hydrogen-bond acceptors (Lipinski definition) is 13. The van der Waals surface area contributed by atoms with Gasteiger partial charge >= 0.3 is 6.09 Å². The van der Waals surface area contributed by atoms with Gasteiger partial charge in [-0.15, -0.1) is 0 Å². The van der Waals surface area contributed by atoms with E-state index in [9.17, 15) is 28.8 Å². The molecule has 0 saturated carbocycles. The van der Waals surface area contributed by atoms with E-state index in [1.807, 2.05) is 61.6 Å². The number of carbonyl (C=O) groups is 6. The molecular weight excluding hydrogens is 944 g/mol. The lowest BCUT2D eigenvalue weighted by Gasteiger charge is -2.31. The van der Waals surface area contributed by atoms with E-state index < -0.39 is 17.9 Å². The Labute approximate surface area is 402 Å². The summed E-state index contributed by atoms with van der Waals surface area (Å²) in [6.45, 7) is 7.82. The number of hydrazone groups is 1. The summed E-state index contributed by atoms with van der Waals surface area (Å²) in [5.74, 6) is -1.18. The molecule has 1 aromatic heterocycles. The Morgan fingerprint density at radius 2 is 1.46 bits per heavy atom. The van der Waals surface area contributed by atoms with E-state index in [2.05, 4.69) is 41.7 Å². The third kappa shape index (κ3) is 12.9. The fraction of sp³-hybridized carbons (Fsp3) is 0.438. The van der Waals surface area contributed by atoms with Crippen molar-refractivity contribution in [3.05, 3.63) is 83.6 Å². The SMILES string of the molecule is CC(=NNC(=O)CCOCCOCCOCCOCCNC(=O)CCN1C(=O)C=CC1=O)c1ccc2[nH]c(C(=O)N3CC(CBr)c4c3cc(OC(=O)N3CCN(C)CC3)c3ccccc43)cc2c1. The molecule has 4 heterocycles. The molecule has 19 nitrogen and oxygen atoms in total. The lowest BCUT2D eigenvalue weighted by molar-refractivity contribution is -0.137. The van der Waals surface area contributed by atoms with E-state index in [1.165, 1.54) is 12.2 Å². The van der Waals surface area contributed by atoms with Crippen LogP contribution in [0.25, 0.3) is 21.7 Å². The van der Waals surface area contributed by atoms with Crippen LogP contribution in [0.1, 0.15) is 47.3 Å². The number of fused-ring (bicyclic) bond motifs is 4. The van der Waals surface area contributed by atoms with Gasteiger partial charge in [-0.25, -0.2) is 10.2 Å². The second-order valence-electron chi connectivity index (χ2n) is 16.5. The Kier molecular flexibility index (Phi) is 17.8. The fourth-order valence-electron chi connectivity index (χ4n) is 7.99. The zero-order chi connectivity index (χ0) is 48.0. The molecule has 0 radical (unpaired) electrons. The van der Waals surface area contributed by atoms with Gasteiger partial charge in [0.15, 0.2) is 0 Å². The first-order valence-corrected chi connectivity index (χ1v) is 23.8. The number of likely N-dealkylation sites (N-methyl/N-ethyl adjacent to an activating group) is 1. The fourth-order valence-corrected chi connectivity index (χ4v) is 8.52. The summed E-state index contributed by atoms with van der Waals surface area (Å²) >= 11 is 3.69. The Morgan fingerprint density at radius 1 is 0.794 bits per heavy atom. The lowest BCUT2D eigenvalue weighted by Crippen LogP contribution is -2.48. The number of ether oxygens (including phenoxy) is 5. The van der Waals surface area contributed by atoms with Gasteiger partial charge in [-0.3, -0.25) is 28.9 Å². The Bertz CT molecular complexity index is 2520. The molecule has 68 heavy (non-hydrogen) atoms. The number of nitrogens with zero attached hydrogens (tertiary/aromatic N) is 5. The number of aromatic nitrogens is 1. The molecular formula is C48H57BrN8O11. The summed E-state index contributed by atoms with van der Waals surface area (Å²) in [6.07, 6.45) is 2.10. The van der Waals surface area contributed by atoms with Crippen LogP contribution in [0.15, 0.2) is 71.9 Å². The van der Waals surface area contributed by atoms with Crippen molar-refractivity contribution in [3.8, 4) is 5.75 Å². The highest BCUT2D eigenvalue weighted by Crippen LogP contribution is 2.46. The summed E-state index contributed by atoms with van der Waals surface area (Å²) in [7, 11) is 2.03. The number of hydrogen-bond donors (Lipinski definition) is 3. The molecule has 7 rings (SSSR count). The first kappa shape index (κ1) is 49.9. The highest BCUT2D eigenvalue weighted by molar-refractivity contribution is 9.09. The number of aromatic amines is 1. The van der Waals surface area contributed by atoms with E-state index >= 15 is 0 Å². The van der Waals surface area contributed by atoms with E-state index in [4.69, 9.17) is 23.7 Å². The van der Waals surface area contributed by atoms with Crippen molar-refractivity contribution < 1.29 is 52.5 Å². The van der Waals surface area contributed by atoms with Gasteiger partial charge in [0.1, 0.15) is 11.4 Å². The van der Waals surface area contributed by atoms with E-state index in [1.54, 1.807) is 16.7 Å². The lowest BCUT2D eigenvalue weighted by atomic mass is 9.95. The van der Waals surface area contributed by atoms with Crippen LogP contribution >= 0.6 is 15.9 Å². The maximum Gasteiger partial charge on any atom is 0.415 e. The topological polar surface area (TPSA) is 214 Å². The molecule has 0 aliphatic carbocycles. The normalized spacial score (nSPS) is 16.3. The number of benzene rings is 3. The van der Waals surface area contributed by atoms with Crippen molar-refractivity contribution >= 4 is 84.6 Å². The molecule has 1 saturated heterocycles. The molecule has 3 aliphatic heterocycles. The van der Waals surface area contributed by atoms with Gasteiger partial charge in [0.05, 0.1) is 70.7 Å². The average molecular weight is 1000 g/mol. The molecule has 1 fully saturated rings. The number of piperazine rings is 1. The minimum absolute atomic E-state index is 0.0204. The molecule has 0 bridgehead atoms. The molecule has 20 heteroatoms. The standard InChI is InChI=1S/C48H57BrN8O11/c1-32(52-53-43(59)12-19-64-21-23-66-25-26-67-24-22-65-20-13-50-42(58)11-14-56-44(60)9-10-45(56)61)33-7-8-38-34(27-33)28-39(51-38)47(62)57-31-35(30-49)46-37-6-4-3-5-36(37)41(29-40(46)57)68-48(63)55-17-15-54(2)16-18-55/h3-10,27-29,35,51H,11-26,30-31H2,1-2H3,(H,50,58)(H,53,59). The molecule has 362 valence electrons. The number of carbonyl (C=O) groups excluding carboxylic acids is 6. The third-order valence-electron chi connectivity index (χ3n) is 11.8. The molecule has 3 aromatic carbocycles. The number of alkyl halides is 1. The van der Waals surface area contributed by atoms with Crippen molar-refractivity contribution in [1.82, 2.24) is 30.4 Å². The van der Waals surface area contributed by atoms with Gasteiger partial charge in [-0.1, -0.05) is 46.3 Å². The predicted molar refractivity (Wildman–Crippen MR) is 257 cm³/mol. The smallest absolute Gasteiger partial charge is 0.409 e. The van der Waals surface area contributed by atoms with Gasteiger partial charge in [0.25, 0.3) is 17.7 Å². The average Bonchev–Trinajstić information content (AvgIpc) is 4.05. The largest absolute Gasteiger partial charge is 0.415 e. The molecule has 0 spiro atoms. The highest BCUT2D eigenvalue weighted by Gasteiger charge is 2.36. The minimum Gasteiger partial charge on any atom is -0.409 e. The van der Waals surface area contributed by atoms with Crippen LogP contribution in [0.2, 0.25) is 0 Å². The molecule has 1 atom stereocenters. The third-order valence-corrected chi connectivity index (χ3v) is 12.5. The summed E-state index contributed by atoms with van der Waals surface area (Å²) in [5.41, 5.74) is 6.87. The molecule has 3 N–H and O–H groups in total. The summed E-state index contributed by atoms with van der Waals surface area (Å²) < 4.78 is 28.0. The summed E-state index contributed by atoms with van der Waals surface area (Å²) in [6, 6.07) is 17.2. The van der Waals surface area contributed by atoms with Crippen LogP contribution in [-0.2, 0) is 38.1 Å². The van der Waals surface area contributed by atoms with Crippen molar-refractivity contribution in [2.45, 2.75) is 25.7 Å². The quantitative estimate of drug-likeness (QED) is 0.0317. The minimum atomic E-state index is -0.414. The number of amides is 6. The predicted octanol–water partition coefficient (Wildman–Crippen LogP) is 3.93. The number of nitrogens with one attached hydrogen (secondary N) is 3. The summed E-state index contributed by atoms with van der Waals surface area (Å²) in [4.78, 5) is 85.1.